The number of hydrogen-bond donors (Lipinski definition) is 1. The average Bonchev–Trinajstić information content (AvgIpc) is 2.37. The molecule has 0 aliphatic carbocycles. The van der Waals surface area contributed by atoms with Crippen molar-refractivity contribution in [2.75, 3.05) is 18.0 Å². The highest BCUT2D eigenvalue weighted by atomic mass is 16.1. The van der Waals surface area contributed by atoms with Gasteiger partial charge in [0, 0.05) is 36.7 Å². The van der Waals surface area contributed by atoms with Crippen molar-refractivity contribution in [1.82, 2.24) is 9.97 Å². The molecule has 1 aliphatic rings. The maximum atomic E-state index is 11.0. The number of aromatic nitrogens is 2. The van der Waals surface area contributed by atoms with Crippen molar-refractivity contribution in [1.29, 1.82) is 0 Å². The molecule has 0 atom stereocenters. The molecule has 1 aliphatic heterocycles. The zero-order valence-electron chi connectivity index (χ0n) is 13.5. The molecule has 0 unspecified atom stereocenters. The summed E-state index contributed by atoms with van der Waals surface area (Å²) in [5.41, 5.74) is 6.24. The number of amides is 1. The Morgan fingerprint density at radius 2 is 1.95 bits per heavy atom. The van der Waals surface area contributed by atoms with Gasteiger partial charge in [-0.15, -0.1) is 0 Å². The van der Waals surface area contributed by atoms with Crippen molar-refractivity contribution in [3.8, 4) is 0 Å². The van der Waals surface area contributed by atoms with Crippen LogP contribution in [0.25, 0.3) is 0 Å². The van der Waals surface area contributed by atoms with Crippen molar-refractivity contribution in [2.45, 2.75) is 52.4 Å². The van der Waals surface area contributed by atoms with E-state index in [1.54, 1.807) is 0 Å². The van der Waals surface area contributed by atoms with E-state index < -0.39 is 0 Å². The zero-order chi connectivity index (χ0) is 15.6. The highest BCUT2D eigenvalue weighted by Crippen LogP contribution is 2.26. The Morgan fingerprint density at radius 3 is 2.48 bits per heavy atom. The number of nitrogens with zero attached hydrogens (tertiary/aromatic N) is 3. The fourth-order valence-corrected chi connectivity index (χ4v) is 2.70. The van der Waals surface area contributed by atoms with Gasteiger partial charge in [0.2, 0.25) is 5.91 Å². The normalized spacial score (nSPS) is 17.0. The molecule has 1 saturated heterocycles. The second-order valence-corrected chi connectivity index (χ2v) is 7.04. The number of aryl methyl sites for hydroxylation is 1. The van der Waals surface area contributed by atoms with Gasteiger partial charge in [0.1, 0.15) is 11.6 Å². The van der Waals surface area contributed by atoms with Crippen LogP contribution >= 0.6 is 0 Å². The number of anilines is 1. The molecular weight excluding hydrogens is 264 g/mol. The molecule has 0 radical (unpaired) electrons. The van der Waals surface area contributed by atoms with Crippen LogP contribution in [0.4, 0.5) is 5.82 Å². The standard InChI is InChI=1S/C16H26N4O/c1-11-9-14(19-15(18-11)16(2,3)4)20-7-5-12(6-8-20)10-13(17)21/h9,12H,5-8,10H2,1-4H3,(H2,17,21). The molecular formula is C16H26N4O. The van der Waals surface area contributed by atoms with E-state index in [-0.39, 0.29) is 11.3 Å². The van der Waals surface area contributed by atoms with Crippen LogP contribution in [0.1, 0.15) is 51.6 Å². The lowest BCUT2D eigenvalue weighted by Gasteiger charge is -2.33. The molecule has 2 heterocycles. The van der Waals surface area contributed by atoms with Gasteiger partial charge in [0.05, 0.1) is 0 Å². The van der Waals surface area contributed by atoms with Crippen LogP contribution in [0.3, 0.4) is 0 Å². The summed E-state index contributed by atoms with van der Waals surface area (Å²) in [6, 6.07) is 2.05. The largest absolute Gasteiger partial charge is 0.370 e. The van der Waals surface area contributed by atoms with Gasteiger partial charge in [-0.2, -0.15) is 0 Å². The molecule has 0 aromatic carbocycles. The van der Waals surface area contributed by atoms with Crippen molar-refractivity contribution >= 4 is 11.7 Å². The van der Waals surface area contributed by atoms with E-state index in [1.807, 2.05) is 13.0 Å². The summed E-state index contributed by atoms with van der Waals surface area (Å²) in [6.07, 6.45) is 2.50. The molecule has 0 bridgehead atoms. The first kappa shape index (κ1) is 15.7. The topological polar surface area (TPSA) is 72.1 Å². The number of carbonyl (C=O) groups is 1. The molecule has 1 amide bonds. The van der Waals surface area contributed by atoms with Crippen molar-refractivity contribution in [3.05, 3.63) is 17.6 Å². The SMILES string of the molecule is Cc1cc(N2CCC(CC(N)=O)CC2)nc(C(C)(C)C)n1. The number of piperidine rings is 1. The quantitative estimate of drug-likeness (QED) is 0.926. The molecule has 2 rings (SSSR count). The number of rotatable bonds is 3. The van der Waals surface area contributed by atoms with Gasteiger partial charge >= 0.3 is 0 Å². The summed E-state index contributed by atoms with van der Waals surface area (Å²) in [6.45, 7) is 10.3. The predicted molar refractivity (Wildman–Crippen MR) is 84.2 cm³/mol. The minimum absolute atomic E-state index is 0.0505. The van der Waals surface area contributed by atoms with E-state index in [0.717, 1.165) is 43.3 Å². The molecule has 0 saturated carbocycles. The van der Waals surface area contributed by atoms with Crippen LogP contribution in [-0.2, 0) is 10.2 Å². The van der Waals surface area contributed by atoms with Crippen LogP contribution in [-0.4, -0.2) is 29.0 Å². The van der Waals surface area contributed by atoms with E-state index in [0.29, 0.717) is 12.3 Å². The molecule has 21 heavy (non-hydrogen) atoms. The lowest BCUT2D eigenvalue weighted by atomic mass is 9.93. The molecule has 1 fully saturated rings. The molecule has 5 heteroatoms. The van der Waals surface area contributed by atoms with Gasteiger partial charge in [-0.3, -0.25) is 4.79 Å². The lowest BCUT2D eigenvalue weighted by molar-refractivity contribution is -0.119. The maximum Gasteiger partial charge on any atom is 0.217 e. The Kier molecular flexibility index (Phi) is 4.49. The van der Waals surface area contributed by atoms with E-state index in [2.05, 4.69) is 30.7 Å². The molecule has 116 valence electrons. The molecule has 0 spiro atoms. The smallest absolute Gasteiger partial charge is 0.217 e. The third-order valence-corrected chi connectivity index (χ3v) is 3.94. The van der Waals surface area contributed by atoms with Gasteiger partial charge in [-0.05, 0) is 25.7 Å². The monoisotopic (exact) mass is 290 g/mol. The van der Waals surface area contributed by atoms with E-state index in [4.69, 9.17) is 10.7 Å². The number of hydrogen-bond acceptors (Lipinski definition) is 4. The Bertz CT molecular complexity index is 513. The number of primary amides is 1. The first-order valence-electron chi connectivity index (χ1n) is 7.65. The van der Waals surface area contributed by atoms with Gasteiger partial charge < -0.3 is 10.6 Å². The summed E-state index contributed by atoms with van der Waals surface area (Å²) < 4.78 is 0. The highest BCUT2D eigenvalue weighted by Gasteiger charge is 2.24. The Labute approximate surface area is 127 Å². The molecule has 1 aromatic heterocycles. The lowest BCUT2D eigenvalue weighted by Crippen LogP contribution is -2.36. The van der Waals surface area contributed by atoms with Gasteiger partial charge in [-0.25, -0.2) is 9.97 Å². The van der Waals surface area contributed by atoms with Gasteiger partial charge in [0.25, 0.3) is 0 Å². The van der Waals surface area contributed by atoms with Crippen LogP contribution in [0.2, 0.25) is 0 Å². The summed E-state index contributed by atoms with van der Waals surface area (Å²) in [7, 11) is 0. The zero-order valence-corrected chi connectivity index (χ0v) is 13.5. The first-order chi connectivity index (χ1) is 9.75. The van der Waals surface area contributed by atoms with E-state index in [9.17, 15) is 4.79 Å². The van der Waals surface area contributed by atoms with Crippen molar-refractivity contribution < 1.29 is 4.79 Å². The average molecular weight is 290 g/mol. The third-order valence-electron chi connectivity index (χ3n) is 3.94. The third kappa shape index (κ3) is 4.16. The molecule has 5 nitrogen and oxygen atoms in total. The molecule has 2 N–H and O–H groups in total. The van der Waals surface area contributed by atoms with Crippen LogP contribution in [0, 0.1) is 12.8 Å². The van der Waals surface area contributed by atoms with Crippen molar-refractivity contribution in [2.24, 2.45) is 11.7 Å². The predicted octanol–water partition coefficient (Wildman–Crippen LogP) is 2.17. The van der Waals surface area contributed by atoms with Crippen LogP contribution in [0.5, 0.6) is 0 Å². The first-order valence-corrected chi connectivity index (χ1v) is 7.65. The fraction of sp³-hybridized carbons (Fsp3) is 0.688. The Morgan fingerprint density at radius 1 is 1.33 bits per heavy atom. The maximum absolute atomic E-state index is 11.0. The highest BCUT2D eigenvalue weighted by molar-refractivity contribution is 5.74. The Hall–Kier alpha value is -1.65. The van der Waals surface area contributed by atoms with Gasteiger partial charge in [-0.1, -0.05) is 20.8 Å². The number of nitrogens with two attached hydrogens (primary N) is 1. The minimum Gasteiger partial charge on any atom is -0.370 e. The summed E-state index contributed by atoms with van der Waals surface area (Å²) in [4.78, 5) is 22.6. The minimum atomic E-state index is -0.193. The van der Waals surface area contributed by atoms with E-state index in [1.165, 1.54) is 0 Å². The second kappa shape index (κ2) is 6.00. The summed E-state index contributed by atoms with van der Waals surface area (Å²) >= 11 is 0. The number of carbonyl (C=O) groups excluding carboxylic acids is 1. The van der Waals surface area contributed by atoms with Crippen LogP contribution < -0.4 is 10.6 Å². The fourth-order valence-electron chi connectivity index (χ4n) is 2.70. The molecule has 1 aromatic rings. The van der Waals surface area contributed by atoms with Crippen LogP contribution in [0.15, 0.2) is 6.07 Å². The van der Waals surface area contributed by atoms with E-state index >= 15 is 0 Å². The second-order valence-electron chi connectivity index (χ2n) is 7.04. The summed E-state index contributed by atoms with van der Waals surface area (Å²) in [5, 5.41) is 0. The van der Waals surface area contributed by atoms with Crippen molar-refractivity contribution in [3.63, 3.8) is 0 Å². The Balaban J connectivity index is 2.10. The van der Waals surface area contributed by atoms with Gasteiger partial charge in [0.15, 0.2) is 0 Å². The summed E-state index contributed by atoms with van der Waals surface area (Å²) in [5.74, 6) is 2.12.